The van der Waals surface area contributed by atoms with E-state index in [0.717, 1.165) is 17.5 Å². The van der Waals surface area contributed by atoms with Crippen molar-refractivity contribution in [1.29, 1.82) is 0 Å². The Morgan fingerprint density at radius 2 is 1.61 bits per heavy atom. The number of unbranched alkanes of at least 4 members (excludes halogenated alkanes) is 2. The number of Topliss-reactive ketones (excluding diaryl/α,β-unsaturated/α-hetero) is 1. The van der Waals surface area contributed by atoms with E-state index < -0.39 is 40.5 Å². The highest BCUT2D eigenvalue weighted by Crippen LogP contribution is 2.23. The number of fused-ring (bicyclic) bond motifs is 1. The van der Waals surface area contributed by atoms with Gasteiger partial charge in [0.15, 0.2) is 11.0 Å². The van der Waals surface area contributed by atoms with E-state index in [0.29, 0.717) is 30.5 Å². The van der Waals surface area contributed by atoms with Crippen LogP contribution in [0.2, 0.25) is 0 Å². The van der Waals surface area contributed by atoms with Crippen molar-refractivity contribution >= 4 is 55.1 Å². The molecule has 15 heteroatoms. The highest BCUT2D eigenvalue weighted by Gasteiger charge is 2.27. The van der Waals surface area contributed by atoms with Crippen molar-refractivity contribution in [3.8, 4) is 0 Å². The summed E-state index contributed by atoms with van der Waals surface area (Å²) in [4.78, 5) is 47.8. The van der Waals surface area contributed by atoms with Crippen LogP contribution in [0.4, 0.5) is 0 Å². The first-order chi connectivity index (χ1) is 21.1. The zero-order valence-electron chi connectivity index (χ0n) is 24.4. The lowest BCUT2D eigenvalue weighted by atomic mass is 10.1. The number of guanidine groups is 1. The Balaban J connectivity index is 1.65. The molecule has 2 atom stereocenters. The van der Waals surface area contributed by atoms with Crippen LogP contribution in [0.3, 0.4) is 0 Å². The second kappa shape index (κ2) is 17.4. The van der Waals surface area contributed by atoms with Crippen LogP contribution in [-0.4, -0.2) is 68.7 Å². The van der Waals surface area contributed by atoms with Gasteiger partial charge >= 0.3 is 0 Å². The van der Waals surface area contributed by atoms with E-state index in [4.69, 9.17) is 17.2 Å². The van der Waals surface area contributed by atoms with Gasteiger partial charge < -0.3 is 27.8 Å². The Hall–Kier alpha value is -3.92. The van der Waals surface area contributed by atoms with Crippen LogP contribution in [0.15, 0.2) is 59.6 Å². The third kappa shape index (κ3) is 11.6. The maximum absolute atomic E-state index is 13.4. The third-order valence-electron chi connectivity index (χ3n) is 6.56. The first-order valence-corrected chi connectivity index (χ1v) is 16.8. The predicted octanol–water partition coefficient (Wildman–Crippen LogP) is 1.14. The molecule has 0 saturated heterocycles. The third-order valence-corrected chi connectivity index (χ3v) is 8.97. The van der Waals surface area contributed by atoms with Crippen LogP contribution < -0.4 is 32.6 Å². The molecule has 0 bridgehead atoms. The minimum absolute atomic E-state index is 0.0808. The van der Waals surface area contributed by atoms with Crippen LogP contribution >= 0.6 is 11.3 Å². The van der Waals surface area contributed by atoms with Crippen molar-refractivity contribution in [3.05, 3.63) is 65.2 Å². The average molecular weight is 645 g/mol. The van der Waals surface area contributed by atoms with E-state index >= 15 is 0 Å². The molecule has 238 valence electrons. The number of para-hydroxylation sites is 1. The van der Waals surface area contributed by atoms with Crippen molar-refractivity contribution in [1.82, 2.24) is 20.3 Å². The summed E-state index contributed by atoms with van der Waals surface area (Å²) in [6.45, 7) is 0.281. The van der Waals surface area contributed by atoms with E-state index in [9.17, 15) is 22.8 Å². The molecule has 2 aromatic carbocycles. The fourth-order valence-electron chi connectivity index (χ4n) is 4.40. The lowest BCUT2D eigenvalue weighted by Gasteiger charge is -2.20. The van der Waals surface area contributed by atoms with Crippen LogP contribution in [-0.2, 0) is 25.4 Å². The lowest BCUT2D eigenvalue weighted by molar-refractivity contribution is -0.127. The summed E-state index contributed by atoms with van der Waals surface area (Å²) in [5, 5.41) is 5.44. The monoisotopic (exact) mass is 644 g/mol. The molecule has 0 fully saturated rings. The summed E-state index contributed by atoms with van der Waals surface area (Å²) < 4.78 is 29.1. The van der Waals surface area contributed by atoms with E-state index in [2.05, 4.69) is 25.3 Å². The summed E-state index contributed by atoms with van der Waals surface area (Å²) in [6, 6.07) is 13.9. The molecule has 0 aliphatic heterocycles. The largest absolute Gasteiger partial charge is 0.370 e. The number of hydrogen-bond donors (Lipinski definition) is 6. The molecule has 1 heterocycles. The normalized spacial score (nSPS) is 12.8. The maximum atomic E-state index is 13.4. The summed E-state index contributed by atoms with van der Waals surface area (Å²) >= 11 is 1.22. The number of aliphatic imine (C=N–C) groups is 1. The van der Waals surface area contributed by atoms with Crippen LogP contribution in [0, 0.1) is 0 Å². The number of nitrogens with zero attached hydrogens (tertiary/aromatic N) is 2. The van der Waals surface area contributed by atoms with Crippen LogP contribution in [0.5, 0.6) is 0 Å². The number of rotatable bonds is 19. The molecule has 1 aromatic heterocycles. The molecule has 13 nitrogen and oxygen atoms in total. The van der Waals surface area contributed by atoms with Crippen molar-refractivity contribution < 1.29 is 22.8 Å². The summed E-state index contributed by atoms with van der Waals surface area (Å²) in [6.07, 6.45) is 2.88. The van der Waals surface area contributed by atoms with Gasteiger partial charge in [0.2, 0.25) is 27.6 Å². The summed E-state index contributed by atoms with van der Waals surface area (Å²) in [5.74, 6) is -2.01. The Morgan fingerprint density at radius 1 is 0.909 bits per heavy atom. The molecule has 3 aromatic rings. The van der Waals surface area contributed by atoms with E-state index in [-0.39, 0.29) is 41.9 Å². The Labute approximate surface area is 261 Å². The number of sulfonamides is 1. The molecule has 9 N–H and O–H groups in total. The number of benzene rings is 2. The van der Waals surface area contributed by atoms with Gasteiger partial charge in [0, 0.05) is 6.54 Å². The highest BCUT2D eigenvalue weighted by atomic mass is 32.2. The number of hydrogen-bond acceptors (Lipinski definition) is 9. The fourth-order valence-corrected chi connectivity index (χ4v) is 6.73. The van der Waals surface area contributed by atoms with Gasteiger partial charge in [0.25, 0.3) is 0 Å². The second-order valence-electron chi connectivity index (χ2n) is 10.2. The minimum Gasteiger partial charge on any atom is -0.370 e. The number of carbonyl (C=O) groups excluding carboxylic acids is 3. The standard InChI is InChI=1S/C29H40N8O5S2/c30-16-8-2-5-13-23(37-44(41,42)19-20-10-3-1-4-11-20)27(40)34-18-25(38)35-22(14-9-17-33-29(31)32)26(39)28-36-21-12-6-7-15-24(21)43-28/h1,3-4,6-7,10-12,15,22-23,37H,2,5,8-9,13-14,16-19,30H2,(H,34,40)(H,35,38)(H4,31,32,33)/t22-,23+/m0/s1. The first kappa shape index (κ1) is 34.6. The highest BCUT2D eigenvalue weighted by molar-refractivity contribution is 7.88. The molecule has 0 radical (unpaired) electrons. The summed E-state index contributed by atoms with van der Waals surface area (Å²) in [5.41, 5.74) is 17.6. The number of amides is 2. The average Bonchev–Trinajstić information content (AvgIpc) is 3.43. The molecule has 0 saturated carbocycles. The smallest absolute Gasteiger partial charge is 0.239 e. The van der Waals surface area contributed by atoms with Crippen LogP contribution in [0.25, 0.3) is 10.2 Å². The summed E-state index contributed by atoms with van der Waals surface area (Å²) in [7, 11) is -3.87. The Morgan fingerprint density at radius 3 is 2.32 bits per heavy atom. The topological polar surface area (TPSA) is 225 Å². The predicted molar refractivity (Wildman–Crippen MR) is 172 cm³/mol. The van der Waals surface area contributed by atoms with E-state index in [1.54, 1.807) is 36.4 Å². The van der Waals surface area contributed by atoms with Crippen molar-refractivity contribution in [2.75, 3.05) is 19.6 Å². The molecule has 0 spiro atoms. The molecule has 0 unspecified atom stereocenters. The van der Waals surface area contributed by atoms with Gasteiger partial charge in [-0.05, 0) is 49.9 Å². The van der Waals surface area contributed by atoms with Gasteiger partial charge in [-0.25, -0.2) is 18.1 Å². The van der Waals surface area contributed by atoms with Gasteiger partial charge in [-0.2, -0.15) is 0 Å². The quantitative estimate of drug-likeness (QED) is 0.0475. The Kier molecular flexibility index (Phi) is 13.7. The van der Waals surface area contributed by atoms with Crippen molar-refractivity contribution in [3.63, 3.8) is 0 Å². The number of carbonyl (C=O) groups is 3. The molecule has 0 aliphatic rings. The molecular formula is C29H40N8O5S2. The van der Waals surface area contributed by atoms with Gasteiger partial charge in [0.1, 0.15) is 6.04 Å². The number of nitrogens with one attached hydrogen (secondary N) is 3. The molecule has 0 aliphatic carbocycles. The zero-order valence-corrected chi connectivity index (χ0v) is 26.0. The Bertz CT molecular complexity index is 1490. The number of nitrogens with two attached hydrogens (primary N) is 3. The van der Waals surface area contributed by atoms with Crippen LogP contribution in [0.1, 0.15) is 53.9 Å². The lowest BCUT2D eigenvalue weighted by Crippen LogP contribution is -2.50. The van der Waals surface area contributed by atoms with E-state index in [1.165, 1.54) is 11.3 Å². The zero-order chi connectivity index (χ0) is 32.0. The molecule has 3 rings (SSSR count). The SMILES string of the molecule is NCCCCC[C@@H](NS(=O)(=O)Cc1ccccc1)C(=O)NCC(=O)N[C@@H](CCCN=C(N)N)C(=O)c1nc2ccccc2s1. The maximum Gasteiger partial charge on any atom is 0.239 e. The fraction of sp³-hybridized carbons (Fsp3) is 0.414. The second-order valence-corrected chi connectivity index (χ2v) is 13.0. The van der Waals surface area contributed by atoms with Gasteiger partial charge in [0.05, 0.1) is 28.6 Å². The number of ketones is 1. The number of thiazole rings is 1. The van der Waals surface area contributed by atoms with Gasteiger partial charge in [-0.15, -0.1) is 11.3 Å². The minimum atomic E-state index is -3.87. The van der Waals surface area contributed by atoms with E-state index in [1.807, 2.05) is 18.2 Å². The van der Waals surface area contributed by atoms with Gasteiger partial charge in [-0.1, -0.05) is 55.3 Å². The van der Waals surface area contributed by atoms with Crippen molar-refractivity contribution in [2.45, 2.75) is 56.4 Å². The van der Waals surface area contributed by atoms with Crippen molar-refractivity contribution in [2.24, 2.45) is 22.2 Å². The molecule has 2 amide bonds. The molecule has 44 heavy (non-hydrogen) atoms. The van der Waals surface area contributed by atoms with Gasteiger partial charge in [-0.3, -0.25) is 19.4 Å². The first-order valence-electron chi connectivity index (χ1n) is 14.3. The molecular weight excluding hydrogens is 605 g/mol. The number of aromatic nitrogens is 1.